The van der Waals surface area contributed by atoms with Crippen LogP contribution in [0.4, 0.5) is 0 Å². The second kappa shape index (κ2) is 38.2. The van der Waals surface area contributed by atoms with E-state index in [-0.39, 0.29) is 12.6 Å². The number of ether oxygens (including phenoxy) is 1. The molecule has 0 fully saturated rings. The Morgan fingerprint density at radius 2 is 1.07 bits per heavy atom. The number of carbonyl (C=O) groups excluding carboxylic acids is 1. The fourth-order valence-electron chi connectivity index (χ4n) is 5.68. The van der Waals surface area contributed by atoms with Crippen molar-refractivity contribution in [1.82, 2.24) is 9.96 Å². The highest BCUT2D eigenvalue weighted by atomic mass is 16.7. The Bertz CT molecular complexity index is 670. The van der Waals surface area contributed by atoms with Gasteiger partial charge in [0.15, 0.2) is 0 Å². The summed E-state index contributed by atoms with van der Waals surface area (Å²) in [6.45, 7) is 12.6. The number of unbranched alkanes of at least 4 members (excludes halogenated alkanes) is 18. The van der Waals surface area contributed by atoms with Crippen LogP contribution in [0.3, 0.4) is 0 Å². The molecule has 0 amide bonds. The van der Waals surface area contributed by atoms with E-state index in [2.05, 4.69) is 50.0 Å². The average molecular weight is 651 g/mol. The van der Waals surface area contributed by atoms with Crippen molar-refractivity contribution in [3.63, 3.8) is 0 Å². The number of allylic oxidation sites excluding steroid dienone is 4. The predicted octanol–water partition coefficient (Wildman–Crippen LogP) is 10.6. The van der Waals surface area contributed by atoms with Crippen LogP contribution in [0.25, 0.3) is 0 Å². The molecule has 0 unspecified atom stereocenters. The second-order valence-electron chi connectivity index (χ2n) is 13.0. The van der Waals surface area contributed by atoms with Crippen molar-refractivity contribution in [1.29, 1.82) is 0 Å². The molecule has 272 valence electrons. The highest BCUT2D eigenvalue weighted by Gasteiger charge is 2.10. The van der Waals surface area contributed by atoms with E-state index in [0.29, 0.717) is 19.6 Å². The van der Waals surface area contributed by atoms with Gasteiger partial charge in [0, 0.05) is 26.1 Å². The Hall–Kier alpha value is -1.21. The molecular formula is C40H78N2O4. The summed E-state index contributed by atoms with van der Waals surface area (Å²) >= 11 is 0. The third-order valence-corrected chi connectivity index (χ3v) is 8.66. The first-order valence-corrected chi connectivity index (χ1v) is 19.8. The summed E-state index contributed by atoms with van der Waals surface area (Å²) < 4.78 is 5.56. The maximum absolute atomic E-state index is 12.2. The van der Waals surface area contributed by atoms with Crippen molar-refractivity contribution in [3.05, 3.63) is 24.3 Å². The van der Waals surface area contributed by atoms with Gasteiger partial charge in [0.25, 0.3) is 0 Å². The Balaban J connectivity index is 3.86. The van der Waals surface area contributed by atoms with E-state index in [1.54, 1.807) is 0 Å². The third kappa shape index (κ3) is 34.1. The zero-order valence-electron chi connectivity index (χ0n) is 31.0. The smallest absolute Gasteiger partial charge is 0.325 e. The molecule has 0 aliphatic carbocycles. The lowest BCUT2D eigenvalue weighted by molar-refractivity contribution is -0.190. The molecule has 6 heteroatoms. The van der Waals surface area contributed by atoms with E-state index >= 15 is 0 Å². The third-order valence-electron chi connectivity index (χ3n) is 8.66. The number of nitrogens with zero attached hydrogens (tertiary/aromatic N) is 2. The Morgan fingerprint density at radius 3 is 1.65 bits per heavy atom. The van der Waals surface area contributed by atoms with Crippen molar-refractivity contribution in [2.75, 3.05) is 52.5 Å². The summed E-state index contributed by atoms with van der Waals surface area (Å²) in [7, 11) is 0. The standard InChI is InChI=1S/C40H78N2O4/c1-4-7-9-11-12-13-14-15-16-17-18-19-20-23-26-29-33-41(36-38-45-39-37-43)34-30-27-24-21-22-25-28-32-40(44)46-42(6-3)35-31-10-8-5-2/h12-13,15-16,43H,4-11,14,17-39H2,1-3H3/b13-12-,16-15-. The molecule has 0 aromatic heterocycles. The summed E-state index contributed by atoms with van der Waals surface area (Å²) in [6.07, 6.45) is 38.4. The van der Waals surface area contributed by atoms with Gasteiger partial charge in [-0.05, 0) is 77.8 Å². The lowest BCUT2D eigenvalue weighted by Crippen LogP contribution is -2.30. The van der Waals surface area contributed by atoms with Gasteiger partial charge >= 0.3 is 5.97 Å². The molecule has 0 aliphatic rings. The molecule has 6 nitrogen and oxygen atoms in total. The van der Waals surface area contributed by atoms with Crippen LogP contribution in [-0.4, -0.2) is 73.6 Å². The van der Waals surface area contributed by atoms with E-state index in [0.717, 1.165) is 58.4 Å². The Kier molecular flexibility index (Phi) is 37.2. The fraction of sp³-hybridized carbons (Fsp3) is 0.875. The minimum absolute atomic E-state index is 0.0692. The first-order valence-electron chi connectivity index (χ1n) is 19.8. The number of aliphatic hydroxyl groups is 1. The van der Waals surface area contributed by atoms with Crippen LogP contribution in [0.1, 0.15) is 175 Å². The molecule has 0 rings (SSSR count). The summed E-state index contributed by atoms with van der Waals surface area (Å²) in [6, 6.07) is 0. The molecule has 0 bridgehead atoms. The summed E-state index contributed by atoms with van der Waals surface area (Å²) in [5.41, 5.74) is 0. The lowest BCUT2D eigenvalue weighted by atomic mass is 10.1. The summed E-state index contributed by atoms with van der Waals surface area (Å²) in [4.78, 5) is 20.3. The van der Waals surface area contributed by atoms with Gasteiger partial charge in [-0.25, -0.2) is 0 Å². The molecule has 0 saturated heterocycles. The van der Waals surface area contributed by atoms with Crippen LogP contribution in [0.5, 0.6) is 0 Å². The van der Waals surface area contributed by atoms with Gasteiger partial charge in [0.2, 0.25) is 0 Å². The maximum atomic E-state index is 12.2. The highest BCUT2D eigenvalue weighted by Crippen LogP contribution is 2.12. The molecule has 0 aromatic rings. The van der Waals surface area contributed by atoms with E-state index in [9.17, 15) is 4.79 Å². The summed E-state index contributed by atoms with van der Waals surface area (Å²) in [5.74, 6) is -0.0692. The second-order valence-corrected chi connectivity index (χ2v) is 13.0. The number of aliphatic hydroxyl groups excluding tert-OH is 1. The molecule has 0 heterocycles. The van der Waals surface area contributed by atoms with Crippen molar-refractivity contribution in [3.8, 4) is 0 Å². The van der Waals surface area contributed by atoms with E-state index in [4.69, 9.17) is 14.7 Å². The Labute approximate surface area is 286 Å². The van der Waals surface area contributed by atoms with Crippen LogP contribution < -0.4 is 0 Å². The minimum Gasteiger partial charge on any atom is -0.394 e. The van der Waals surface area contributed by atoms with Gasteiger partial charge < -0.3 is 19.6 Å². The van der Waals surface area contributed by atoms with Crippen molar-refractivity contribution >= 4 is 5.97 Å². The van der Waals surface area contributed by atoms with E-state index < -0.39 is 0 Å². The number of hydrogen-bond donors (Lipinski definition) is 1. The maximum Gasteiger partial charge on any atom is 0.325 e. The van der Waals surface area contributed by atoms with Crippen molar-refractivity contribution in [2.24, 2.45) is 0 Å². The van der Waals surface area contributed by atoms with Crippen LogP contribution in [0.2, 0.25) is 0 Å². The highest BCUT2D eigenvalue weighted by molar-refractivity contribution is 5.68. The molecule has 0 radical (unpaired) electrons. The van der Waals surface area contributed by atoms with Crippen LogP contribution in [0.15, 0.2) is 24.3 Å². The normalized spacial score (nSPS) is 12.0. The number of carbonyl (C=O) groups is 1. The lowest BCUT2D eigenvalue weighted by Gasteiger charge is -2.22. The molecule has 0 aromatic carbocycles. The van der Waals surface area contributed by atoms with Crippen LogP contribution in [-0.2, 0) is 14.4 Å². The number of hydroxylamine groups is 2. The molecular weight excluding hydrogens is 572 g/mol. The zero-order chi connectivity index (χ0) is 33.6. The molecule has 0 spiro atoms. The first-order chi connectivity index (χ1) is 22.7. The van der Waals surface area contributed by atoms with Crippen LogP contribution >= 0.6 is 0 Å². The monoisotopic (exact) mass is 651 g/mol. The largest absolute Gasteiger partial charge is 0.394 e. The number of rotatable bonds is 37. The molecule has 0 atom stereocenters. The molecule has 0 saturated carbocycles. The number of hydrogen-bond acceptors (Lipinski definition) is 6. The Morgan fingerprint density at radius 1 is 0.565 bits per heavy atom. The minimum atomic E-state index is -0.0692. The van der Waals surface area contributed by atoms with Crippen molar-refractivity contribution < 1.29 is 19.5 Å². The zero-order valence-corrected chi connectivity index (χ0v) is 31.0. The first kappa shape index (κ1) is 44.8. The van der Waals surface area contributed by atoms with E-state index in [1.165, 1.54) is 122 Å². The van der Waals surface area contributed by atoms with E-state index in [1.807, 2.05) is 5.06 Å². The van der Waals surface area contributed by atoms with Gasteiger partial charge in [-0.3, -0.25) is 4.79 Å². The average Bonchev–Trinajstić information content (AvgIpc) is 3.06. The molecule has 46 heavy (non-hydrogen) atoms. The quantitative estimate of drug-likeness (QED) is 0.0410. The van der Waals surface area contributed by atoms with Crippen molar-refractivity contribution in [2.45, 2.75) is 175 Å². The van der Waals surface area contributed by atoms with Gasteiger partial charge in [0.05, 0.1) is 19.8 Å². The van der Waals surface area contributed by atoms with Gasteiger partial charge in [-0.1, -0.05) is 128 Å². The fourth-order valence-corrected chi connectivity index (χ4v) is 5.68. The van der Waals surface area contributed by atoms with Crippen LogP contribution in [0, 0.1) is 0 Å². The SMILES string of the molecule is CCCCC/C=C\C/C=C\CCCCCCCCN(CCCCCCCCCC(=O)ON(CC)CCCCCC)CCOCCO. The molecule has 0 aliphatic heterocycles. The topological polar surface area (TPSA) is 62.2 Å². The van der Waals surface area contributed by atoms with Gasteiger partial charge in [-0.2, -0.15) is 0 Å². The van der Waals surface area contributed by atoms with Gasteiger partial charge in [0.1, 0.15) is 0 Å². The predicted molar refractivity (Wildman–Crippen MR) is 198 cm³/mol. The van der Waals surface area contributed by atoms with Gasteiger partial charge in [-0.15, -0.1) is 5.06 Å². The molecule has 1 N–H and O–H groups in total. The summed E-state index contributed by atoms with van der Waals surface area (Å²) in [5, 5.41) is 10.8.